The highest BCUT2D eigenvalue weighted by Gasteiger charge is 2.34. The summed E-state index contributed by atoms with van der Waals surface area (Å²) in [5, 5.41) is 0. The first-order valence-corrected chi connectivity index (χ1v) is 8.73. The molecular formula is C21H19F3N2O. The number of aromatic nitrogens is 1. The summed E-state index contributed by atoms with van der Waals surface area (Å²) in [4.78, 5) is 2.13. The van der Waals surface area contributed by atoms with E-state index in [0.717, 1.165) is 29.4 Å². The van der Waals surface area contributed by atoms with E-state index in [-0.39, 0.29) is 11.9 Å². The average Bonchev–Trinajstić information content (AvgIpc) is 3.30. The number of rotatable bonds is 3. The zero-order valence-corrected chi connectivity index (χ0v) is 14.8. The topological polar surface area (TPSA) is 17.4 Å². The molecule has 1 saturated heterocycles. The Morgan fingerprint density at radius 1 is 1.04 bits per heavy atom. The van der Waals surface area contributed by atoms with E-state index < -0.39 is 11.7 Å². The molecule has 140 valence electrons. The van der Waals surface area contributed by atoms with Crippen LogP contribution < -0.4 is 4.90 Å². The van der Waals surface area contributed by atoms with Gasteiger partial charge in [0, 0.05) is 30.2 Å². The number of hydrogen-bond acceptors (Lipinski definition) is 2. The van der Waals surface area contributed by atoms with E-state index in [4.69, 9.17) is 4.74 Å². The van der Waals surface area contributed by atoms with Gasteiger partial charge < -0.3 is 14.2 Å². The quantitative estimate of drug-likeness (QED) is 0.617. The molecule has 0 amide bonds. The van der Waals surface area contributed by atoms with Crippen molar-refractivity contribution in [3.05, 3.63) is 83.7 Å². The highest BCUT2D eigenvalue weighted by atomic mass is 19.4. The lowest BCUT2D eigenvalue weighted by molar-refractivity contribution is -0.137. The van der Waals surface area contributed by atoms with Gasteiger partial charge >= 0.3 is 6.18 Å². The largest absolute Gasteiger partial charge is 0.418 e. The first kappa shape index (κ1) is 17.7. The number of ether oxygens (including phenoxy) is 1. The van der Waals surface area contributed by atoms with Gasteiger partial charge in [-0.1, -0.05) is 24.3 Å². The van der Waals surface area contributed by atoms with Gasteiger partial charge in [0.1, 0.15) is 0 Å². The molecule has 27 heavy (non-hydrogen) atoms. The summed E-state index contributed by atoms with van der Waals surface area (Å²) in [6, 6.07) is 15.5. The lowest BCUT2D eigenvalue weighted by atomic mass is 10.1. The molecule has 0 bridgehead atoms. The number of hydrogen-bond donors (Lipinski definition) is 0. The molecule has 0 unspecified atom stereocenters. The van der Waals surface area contributed by atoms with Crippen molar-refractivity contribution in [2.75, 3.05) is 18.1 Å². The fourth-order valence-electron chi connectivity index (χ4n) is 3.46. The molecule has 0 aliphatic carbocycles. The maximum Gasteiger partial charge on any atom is 0.418 e. The average molecular weight is 372 g/mol. The fourth-order valence-corrected chi connectivity index (χ4v) is 3.46. The van der Waals surface area contributed by atoms with Gasteiger partial charge in [0.2, 0.25) is 0 Å². The summed E-state index contributed by atoms with van der Waals surface area (Å²) in [6.07, 6.45) is -1.36. The van der Waals surface area contributed by atoms with Gasteiger partial charge in [0.25, 0.3) is 0 Å². The number of aryl methyl sites for hydroxylation is 1. The van der Waals surface area contributed by atoms with Crippen LogP contribution in [0.2, 0.25) is 0 Å². The minimum Gasteiger partial charge on any atom is -0.352 e. The van der Waals surface area contributed by atoms with Crippen LogP contribution in [-0.2, 0) is 10.9 Å². The Balaban J connectivity index is 1.67. The molecular weight excluding hydrogens is 353 g/mol. The first-order chi connectivity index (χ1) is 12.9. The summed E-state index contributed by atoms with van der Waals surface area (Å²) >= 11 is 0. The van der Waals surface area contributed by atoms with Crippen molar-refractivity contribution in [2.45, 2.75) is 19.3 Å². The summed E-state index contributed by atoms with van der Waals surface area (Å²) in [6.45, 7) is 3.33. The number of para-hydroxylation sites is 1. The normalized spacial score (nSPS) is 17.5. The fraction of sp³-hybridized carbons (Fsp3) is 0.238. The maximum atomic E-state index is 13.3. The molecule has 3 aromatic rings. The van der Waals surface area contributed by atoms with Crippen LogP contribution in [0.4, 0.5) is 18.9 Å². The molecule has 0 spiro atoms. The van der Waals surface area contributed by atoms with Crippen molar-refractivity contribution in [1.29, 1.82) is 0 Å². The molecule has 6 heteroatoms. The van der Waals surface area contributed by atoms with E-state index in [0.29, 0.717) is 6.61 Å². The van der Waals surface area contributed by atoms with Crippen LogP contribution in [0, 0.1) is 6.92 Å². The molecule has 0 N–H and O–H groups in total. The lowest BCUT2D eigenvalue weighted by Crippen LogP contribution is -2.23. The van der Waals surface area contributed by atoms with Crippen molar-refractivity contribution in [3.63, 3.8) is 0 Å². The van der Waals surface area contributed by atoms with Crippen molar-refractivity contribution in [1.82, 2.24) is 4.57 Å². The Bertz CT molecular complexity index is 948. The van der Waals surface area contributed by atoms with Crippen LogP contribution >= 0.6 is 0 Å². The van der Waals surface area contributed by atoms with Gasteiger partial charge in [-0.3, -0.25) is 0 Å². The molecule has 0 saturated carbocycles. The van der Waals surface area contributed by atoms with Crippen molar-refractivity contribution < 1.29 is 17.9 Å². The van der Waals surface area contributed by atoms with E-state index in [1.165, 1.54) is 16.7 Å². The Morgan fingerprint density at radius 2 is 1.85 bits per heavy atom. The predicted octanol–water partition coefficient (Wildman–Crippen LogP) is 5.34. The highest BCUT2D eigenvalue weighted by molar-refractivity contribution is 5.51. The van der Waals surface area contributed by atoms with Crippen LogP contribution in [-0.4, -0.2) is 17.7 Å². The standard InChI is InChI=1S/C21H19F3N2O/c1-15-5-4-6-17(13-15)26-11-12-27-20(26)16-9-10-25(14-16)19-8-3-2-7-18(19)21(22,23)24/h2-10,13-14,20H,11-12H2,1H3/t20-/m1/s1. The summed E-state index contributed by atoms with van der Waals surface area (Å²) in [5.41, 5.74) is 2.47. The second-order valence-electron chi connectivity index (χ2n) is 6.62. The molecule has 2 aromatic carbocycles. The second-order valence-corrected chi connectivity index (χ2v) is 6.62. The van der Waals surface area contributed by atoms with Crippen LogP contribution in [0.15, 0.2) is 67.0 Å². The van der Waals surface area contributed by atoms with Crippen molar-refractivity contribution in [3.8, 4) is 5.69 Å². The van der Waals surface area contributed by atoms with Crippen LogP contribution in [0.3, 0.4) is 0 Å². The Morgan fingerprint density at radius 3 is 2.63 bits per heavy atom. The van der Waals surface area contributed by atoms with Crippen LogP contribution in [0.5, 0.6) is 0 Å². The first-order valence-electron chi connectivity index (χ1n) is 8.73. The Hall–Kier alpha value is -2.73. The smallest absolute Gasteiger partial charge is 0.352 e. The zero-order chi connectivity index (χ0) is 19.0. The molecule has 1 aromatic heterocycles. The van der Waals surface area contributed by atoms with E-state index in [1.807, 2.05) is 31.2 Å². The van der Waals surface area contributed by atoms with Gasteiger partial charge in [0.05, 0.1) is 17.9 Å². The SMILES string of the molecule is Cc1cccc(N2CCO[C@@H]2c2ccn(-c3ccccc3C(F)(F)F)c2)c1. The number of nitrogens with zero attached hydrogens (tertiary/aromatic N) is 2. The lowest BCUT2D eigenvalue weighted by Gasteiger charge is -2.25. The summed E-state index contributed by atoms with van der Waals surface area (Å²) in [5.74, 6) is 0. The minimum atomic E-state index is -4.40. The summed E-state index contributed by atoms with van der Waals surface area (Å²) < 4.78 is 47.3. The van der Waals surface area contributed by atoms with Gasteiger partial charge in [-0.05, 0) is 42.8 Å². The predicted molar refractivity (Wildman–Crippen MR) is 98.0 cm³/mol. The molecule has 0 radical (unpaired) electrons. The Kier molecular flexibility index (Phi) is 4.44. The van der Waals surface area contributed by atoms with Gasteiger partial charge in [-0.15, -0.1) is 0 Å². The molecule has 1 atom stereocenters. The zero-order valence-electron chi connectivity index (χ0n) is 14.8. The van der Waals surface area contributed by atoms with E-state index in [2.05, 4.69) is 11.0 Å². The van der Waals surface area contributed by atoms with E-state index in [1.54, 1.807) is 18.5 Å². The molecule has 4 rings (SSSR count). The van der Waals surface area contributed by atoms with Crippen molar-refractivity contribution >= 4 is 5.69 Å². The summed E-state index contributed by atoms with van der Waals surface area (Å²) in [7, 11) is 0. The third-order valence-electron chi connectivity index (χ3n) is 4.71. The third kappa shape index (κ3) is 3.45. The van der Waals surface area contributed by atoms with E-state index in [9.17, 15) is 13.2 Å². The van der Waals surface area contributed by atoms with Gasteiger partial charge in [-0.25, -0.2) is 0 Å². The van der Waals surface area contributed by atoms with Crippen LogP contribution in [0.25, 0.3) is 5.69 Å². The molecule has 1 aliphatic rings. The third-order valence-corrected chi connectivity index (χ3v) is 4.71. The van der Waals surface area contributed by atoms with Gasteiger partial charge in [0.15, 0.2) is 6.23 Å². The van der Waals surface area contributed by atoms with Crippen molar-refractivity contribution in [2.24, 2.45) is 0 Å². The number of halogens is 3. The monoisotopic (exact) mass is 372 g/mol. The highest BCUT2D eigenvalue weighted by Crippen LogP contribution is 2.36. The number of anilines is 1. The Labute approximate surface area is 155 Å². The van der Waals surface area contributed by atoms with Crippen LogP contribution in [0.1, 0.15) is 22.9 Å². The second kappa shape index (κ2) is 6.78. The minimum absolute atomic E-state index is 0.108. The molecule has 1 aliphatic heterocycles. The number of benzene rings is 2. The molecule has 1 fully saturated rings. The van der Waals surface area contributed by atoms with E-state index >= 15 is 0 Å². The number of alkyl halides is 3. The molecule has 3 nitrogen and oxygen atoms in total. The maximum absolute atomic E-state index is 13.3. The molecule has 2 heterocycles. The van der Waals surface area contributed by atoms with Gasteiger partial charge in [-0.2, -0.15) is 13.2 Å².